The Balaban J connectivity index is 2.20. The molecule has 0 spiro atoms. The molecule has 1 saturated heterocycles. The zero-order valence-corrected chi connectivity index (χ0v) is 9.46. The molecule has 1 fully saturated rings. The Hall–Kier alpha value is -1.62. The zero-order chi connectivity index (χ0) is 11.5. The molecule has 1 aliphatic heterocycles. The maximum atomic E-state index is 11.0. The van der Waals surface area contributed by atoms with Gasteiger partial charge in [0.15, 0.2) is 5.11 Å². The molecule has 4 nitrogen and oxygen atoms in total. The Morgan fingerprint density at radius 3 is 2.88 bits per heavy atom. The number of aromatic carboxylic acids is 1. The Labute approximate surface area is 98.9 Å². The first-order chi connectivity index (χ1) is 7.68. The molecule has 1 aromatic carbocycles. The molecule has 0 atom stereocenters. The molecule has 5 heteroatoms. The molecule has 0 aromatic heterocycles. The Kier molecular flexibility index (Phi) is 3.05. The van der Waals surface area contributed by atoms with Gasteiger partial charge in [-0.3, -0.25) is 0 Å². The van der Waals surface area contributed by atoms with Crippen LogP contribution in [-0.4, -0.2) is 34.2 Å². The first-order valence-electron chi connectivity index (χ1n) is 5.02. The lowest BCUT2D eigenvalue weighted by molar-refractivity contribution is 0.0695. The van der Waals surface area contributed by atoms with Crippen LogP contribution in [0.15, 0.2) is 24.3 Å². The van der Waals surface area contributed by atoms with E-state index in [1.165, 1.54) is 0 Å². The van der Waals surface area contributed by atoms with Gasteiger partial charge in [0.05, 0.1) is 5.56 Å². The minimum Gasteiger partial charge on any atom is -0.478 e. The fourth-order valence-corrected chi connectivity index (χ4v) is 1.99. The highest BCUT2D eigenvalue weighted by Crippen LogP contribution is 2.13. The molecule has 0 amide bonds. The van der Waals surface area contributed by atoms with E-state index in [1.54, 1.807) is 12.1 Å². The standard InChI is InChI=1S/C11H12N2O2S/c14-10(15)9-4-2-1-3-8(9)7-13-6-5-12-11(13)16/h1-4H,5-7H2,(H,12,16)(H,14,15). The number of thiocarbonyl (C=S) groups is 1. The monoisotopic (exact) mass is 236 g/mol. The second-order valence-corrected chi connectivity index (χ2v) is 4.00. The van der Waals surface area contributed by atoms with E-state index in [1.807, 2.05) is 17.0 Å². The smallest absolute Gasteiger partial charge is 0.336 e. The third-order valence-corrected chi connectivity index (χ3v) is 2.96. The summed E-state index contributed by atoms with van der Waals surface area (Å²) < 4.78 is 0. The first kappa shape index (κ1) is 10.9. The fraction of sp³-hybridized carbons (Fsp3) is 0.273. The zero-order valence-electron chi connectivity index (χ0n) is 8.64. The molecule has 0 saturated carbocycles. The third-order valence-electron chi connectivity index (χ3n) is 2.55. The van der Waals surface area contributed by atoms with Crippen molar-refractivity contribution in [1.29, 1.82) is 0 Å². The number of nitrogens with zero attached hydrogens (tertiary/aromatic N) is 1. The van der Waals surface area contributed by atoms with E-state index in [0.29, 0.717) is 17.2 Å². The van der Waals surface area contributed by atoms with Crippen LogP contribution in [0.5, 0.6) is 0 Å². The van der Waals surface area contributed by atoms with Crippen LogP contribution in [0, 0.1) is 0 Å². The van der Waals surface area contributed by atoms with Gasteiger partial charge in [-0.2, -0.15) is 0 Å². The van der Waals surface area contributed by atoms with Gasteiger partial charge in [0, 0.05) is 19.6 Å². The van der Waals surface area contributed by atoms with Crippen molar-refractivity contribution in [3.63, 3.8) is 0 Å². The lowest BCUT2D eigenvalue weighted by Crippen LogP contribution is -2.28. The van der Waals surface area contributed by atoms with E-state index in [0.717, 1.165) is 18.7 Å². The van der Waals surface area contributed by atoms with Crippen LogP contribution in [0.25, 0.3) is 0 Å². The second kappa shape index (κ2) is 4.49. The summed E-state index contributed by atoms with van der Waals surface area (Å²) >= 11 is 5.12. The van der Waals surface area contributed by atoms with E-state index < -0.39 is 5.97 Å². The van der Waals surface area contributed by atoms with Gasteiger partial charge >= 0.3 is 5.97 Å². The van der Waals surface area contributed by atoms with Gasteiger partial charge in [-0.25, -0.2) is 4.79 Å². The van der Waals surface area contributed by atoms with Crippen LogP contribution < -0.4 is 5.32 Å². The molecule has 0 radical (unpaired) electrons. The Morgan fingerprint density at radius 1 is 1.50 bits per heavy atom. The molecule has 0 aliphatic carbocycles. The van der Waals surface area contributed by atoms with Crippen molar-refractivity contribution in [2.45, 2.75) is 6.54 Å². The third kappa shape index (κ3) is 2.14. The number of carboxylic acid groups (broad SMARTS) is 1. The number of nitrogens with one attached hydrogen (secondary N) is 1. The number of benzene rings is 1. The van der Waals surface area contributed by atoms with Gasteiger partial charge in [0.2, 0.25) is 0 Å². The van der Waals surface area contributed by atoms with Gasteiger partial charge in [0.25, 0.3) is 0 Å². The maximum absolute atomic E-state index is 11.0. The molecule has 2 N–H and O–H groups in total. The average Bonchev–Trinajstić information content (AvgIpc) is 2.65. The molecule has 2 rings (SSSR count). The normalized spacial score (nSPS) is 15.0. The highest BCUT2D eigenvalue weighted by Gasteiger charge is 2.18. The van der Waals surface area contributed by atoms with Crippen molar-refractivity contribution in [2.75, 3.05) is 13.1 Å². The van der Waals surface area contributed by atoms with Crippen LogP contribution >= 0.6 is 12.2 Å². The maximum Gasteiger partial charge on any atom is 0.336 e. The minimum absolute atomic E-state index is 0.345. The molecule has 1 aromatic rings. The quantitative estimate of drug-likeness (QED) is 0.769. The van der Waals surface area contributed by atoms with Crippen molar-refractivity contribution in [3.05, 3.63) is 35.4 Å². The SMILES string of the molecule is O=C(O)c1ccccc1CN1CCNC1=S. The lowest BCUT2D eigenvalue weighted by atomic mass is 10.1. The molecular weight excluding hydrogens is 224 g/mol. The number of hydrogen-bond acceptors (Lipinski definition) is 2. The molecule has 0 unspecified atom stereocenters. The van der Waals surface area contributed by atoms with E-state index in [4.69, 9.17) is 17.3 Å². The van der Waals surface area contributed by atoms with Crippen molar-refractivity contribution in [2.24, 2.45) is 0 Å². The summed E-state index contributed by atoms with van der Waals surface area (Å²) in [4.78, 5) is 13.0. The first-order valence-corrected chi connectivity index (χ1v) is 5.43. The van der Waals surface area contributed by atoms with Gasteiger partial charge < -0.3 is 15.3 Å². The highest BCUT2D eigenvalue weighted by molar-refractivity contribution is 7.80. The summed E-state index contributed by atoms with van der Waals surface area (Å²) in [5.41, 5.74) is 1.14. The molecule has 0 bridgehead atoms. The summed E-state index contributed by atoms with van der Waals surface area (Å²) in [6.45, 7) is 2.20. The minimum atomic E-state index is -0.895. The molecule has 1 heterocycles. The number of rotatable bonds is 3. The van der Waals surface area contributed by atoms with Crippen LogP contribution in [0.2, 0.25) is 0 Å². The Morgan fingerprint density at radius 2 is 2.25 bits per heavy atom. The molecular formula is C11H12N2O2S. The van der Waals surface area contributed by atoms with E-state index in [9.17, 15) is 4.79 Å². The van der Waals surface area contributed by atoms with Crippen molar-refractivity contribution >= 4 is 23.3 Å². The predicted octanol–water partition coefficient (Wildman–Crippen LogP) is 1.07. The van der Waals surface area contributed by atoms with Gasteiger partial charge in [0.1, 0.15) is 0 Å². The number of hydrogen-bond donors (Lipinski definition) is 2. The summed E-state index contributed by atoms with van der Waals surface area (Å²) in [5, 5.41) is 12.8. The van der Waals surface area contributed by atoms with Crippen LogP contribution in [0.3, 0.4) is 0 Å². The second-order valence-electron chi connectivity index (χ2n) is 3.62. The molecule has 16 heavy (non-hydrogen) atoms. The Bertz CT molecular complexity index is 434. The largest absolute Gasteiger partial charge is 0.478 e. The lowest BCUT2D eigenvalue weighted by Gasteiger charge is -2.17. The fourth-order valence-electron chi connectivity index (χ4n) is 1.73. The number of carboxylic acids is 1. The van der Waals surface area contributed by atoms with Gasteiger partial charge in [-0.1, -0.05) is 18.2 Å². The summed E-state index contributed by atoms with van der Waals surface area (Å²) in [7, 11) is 0. The summed E-state index contributed by atoms with van der Waals surface area (Å²) in [6.07, 6.45) is 0. The van der Waals surface area contributed by atoms with Crippen molar-refractivity contribution < 1.29 is 9.90 Å². The van der Waals surface area contributed by atoms with Gasteiger partial charge in [-0.05, 0) is 23.8 Å². The average molecular weight is 236 g/mol. The van der Waals surface area contributed by atoms with Crippen LogP contribution in [-0.2, 0) is 6.54 Å². The molecule has 1 aliphatic rings. The molecule has 84 valence electrons. The predicted molar refractivity (Wildman–Crippen MR) is 64.4 cm³/mol. The van der Waals surface area contributed by atoms with E-state index >= 15 is 0 Å². The van der Waals surface area contributed by atoms with Crippen molar-refractivity contribution in [3.8, 4) is 0 Å². The van der Waals surface area contributed by atoms with Crippen molar-refractivity contribution in [1.82, 2.24) is 10.2 Å². The summed E-state index contributed by atoms with van der Waals surface area (Å²) in [5.74, 6) is -0.895. The van der Waals surface area contributed by atoms with E-state index in [2.05, 4.69) is 5.32 Å². The van der Waals surface area contributed by atoms with E-state index in [-0.39, 0.29) is 0 Å². The van der Waals surface area contributed by atoms with Gasteiger partial charge in [-0.15, -0.1) is 0 Å². The highest BCUT2D eigenvalue weighted by atomic mass is 32.1. The van der Waals surface area contributed by atoms with Crippen LogP contribution in [0.4, 0.5) is 0 Å². The number of carbonyl (C=O) groups is 1. The topological polar surface area (TPSA) is 52.6 Å². The van der Waals surface area contributed by atoms with Crippen LogP contribution in [0.1, 0.15) is 15.9 Å². The summed E-state index contributed by atoms with van der Waals surface area (Å²) in [6, 6.07) is 7.01.